The minimum Gasteiger partial charge on any atom is -0.294 e. The van der Waals surface area contributed by atoms with Gasteiger partial charge in [-0.3, -0.25) is 4.79 Å². The van der Waals surface area contributed by atoms with Crippen molar-refractivity contribution in [2.75, 3.05) is 0 Å². The summed E-state index contributed by atoms with van der Waals surface area (Å²) in [5.74, 6) is 0.227. The van der Waals surface area contributed by atoms with Crippen LogP contribution in [0.25, 0.3) is 0 Å². The van der Waals surface area contributed by atoms with Crippen molar-refractivity contribution in [2.24, 2.45) is 0 Å². The van der Waals surface area contributed by atoms with Crippen LogP contribution in [0.5, 0.6) is 0 Å². The van der Waals surface area contributed by atoms with E-state index in [0.717, 1.165) is 24.0 Å². The maximum atomic E-state index is 11.2. The summed E-state index contributed by atoms with van der Waals surface area (Å²) >= 11 is 5.40. The number of Topliss-reactive ketones (excluding diaryl/α,β-unsaturated/α-hetero) is 1. The molecule has 0 unspecified atom stereocenters. The van der Waals surface area contributed by atoms with Crippen molar-refractivity contribution in [1.29, 1.82) is 0 Å². The van der Waals surface area contributed by atoms with Gasteiger partial charge in [-0.15, -0.1) is 0 Å². The van der Waals surface area contributed by atoms with E-state index in [4.69, 9.17) is 11.6 Å². The van der Waals surface area contributed by atoms with Gasteiger partial charge >= 0.3 is 0 Å². The molecule has 0 bridgehead atoms. The van der Waals surface area contributed by atoms with Crippen LogP contribution in [0.1, 0.15) is 26.2 Å². The number of ketones is 1. The molecule has 1 rings (SSSR count). The molecule has 0 atom stereocenters. The van der Waals surface area contributed by atoms with E-state index < -0.39 is 0 Å². The molecule has 60 valence electrons. The molecule has 11 heavy (non-hydrogen) atoms. The number of hydrogen-bond donors (Lipinski definition) is 0. The third kappa shape index (κ3) is 1.93. The number of rotatable bonds is 1. The molecule has 0 heterocycles. The monoisotopic (exact) mass is 170 g/mol. The summed E-state index contributed by atoms with van der Waals surface area (Å²) in [5, 5.41) is 0. The lowest BCUT2D eigenvalue weighted by Crippen LogP contribution is -2.08. The third-order valence-corrected chi connectivity index (χ3v) is 2.07. The number of carbonyl (C=O) groups is 1. The summed E-state index contributed by atoms with van der Waals surface area (Å²) in [7, 11) is 0. The lowest BCUT2D eigenvalue weighted by molar-refractivity contribution is -0.115. The predicted molar refractivity (Wildman–Crippen MR) is 46.6 cm³/mol. The predicted octanol–water partition coefficient (Wildman–Crippen LogP) is 2.81. The second-order valence-electron chi connectivity index (χ2n) is 2.76. The van der Waals surface area contributed by atoms with Crippen molar-refractivity contribution in [3.8, 4) is 0 Å². The molecule has 0 aromatic rings. The maximum absolute atomic E-state index is 11.2. The smallest absolute Gasteiger partial charge is 0.162 e. The number of allylic oxidation sites excluding steroid dienone is 3. The van der Waals surface area contributed by atoms with Crippen LogP contribution in [0.4, 0.5) is 0 Å². The SMILES string of the molecule is CC1=C(/C=C/Cl)C(=O)CCC1. The van der Waals surface area contributed by atoms with Crippen molar-refractivity contribution < 1.29 is 4.79 Å². The van der Waals surface area contributed by atoms with Gasteiger partial charge in [0.2, 0.25) is 0 Å². The Morgan fingerprint density at radius 3 is 2.73 bits per heavy atom. The Balaban J connectivity index is 2.91. The Morgan fingerprint density at radius 2 is 2.18 bits per heavy atom. The molecule has 0 amide bonds. The minimum atomic E-state index is 0.227. The molecule has 0 aliphatic heterocycles. The summed E-state index contributed by atoms with van der Waals surface area (Å²) in [6.07, 6.45) is 4.39. The van der Waals surface area contributed by atoms with Crippen LogP contribution < -0.4 is 0 Å². The van der Waals surface area contributed by atoms with E-state index in [0.29, 0.717) is 6.42 Å². The molecule has 0 fully saturated rings. The molecule has 1 aliphatic carbocycles. The van der Waals surface area contributed by atoms with Gasteiger partial charge in [-0.05, 0) is 25.8 Å². The highest BCUT2D eigenvalue weighted by molar-refractivity contribution is 6.26. The van der Waals surface area contributed by atoms with Gasteiger partial charge in [0.05, 0.1) is 0 Å². The zero-order valence-corrected chi connectivity index (χ0v) is 7.32. The molecule has 0 aromatic heterocycles. The van der Waals surface area contributed by atoms with Crippen LogP contribution in [0, 0.1) is 0 Å². The van der Waals surface area contributed by atoms with Gasteiger partial charge < -0.3 is 0 Å². The zero-order chi connectivity index (χ0) is 8.27. The Kier molecular flexibility index (Phi) is 2.89. The van der Waals surface area contributed by atoms with E-state index in [1.807, 2.05) is 6.92 Å². The highest BCUT2D eigenvalue weighted by atomic mass is 35.5. The summed E-state index contributed by atoms with van der Waals surface area (Å²) in [5.41, 5.74) is 3.38. The highest BCUT2D eigenvalue weighted by Gasteiger charge is 2.14. The molecule has 1 nitrogen and oxygen atoms in total. The van der Waals surface area contributed by atoms with E-state index in [1.54, 1.807) is 6.08 Å². The quantitative estimate of drug-likeness (QED) is 0.592. The lowest BCUT2D eigenvalue weighted by atomic mass is 9.92. The average molecular weight is 171 g/mol. The summed E-state index contributed by atoms with van der Waals surface area (Å²) in [4.78, 5) is 11.2. The summed E-state index contributed by atoms with van der Waals surface area (Å²) in [6, 6.07) is 0. The molecule has 0 spiro atoms. The molecule has 0 saturated heterocycles. The standard InChI is InChI=1S/C9H11ClO/c1-7-3-2-4-9(11)8(7)5-6-10/h5-6H,2-4H2,1H3/b6-5+. The molecular formula is C9H11ClO. The van der Waals surface area contributed by atoms with Gasteiger partial charge in [0.15, 0.2) is 5.78 Å². The second kappa shape index (κ2) is 3.72. The van der Waals surface area contributed by atoms with Crippen LogP contribution in [-0.2, 0) is 4.79 Å². The van der Waals surface area contributed by atoms with Crippen LogP contribution in [0.3, 0.4) is 0 Å². The number of carbonyl (C=O) groups excluding carboxylic acids is 1. The molecular weight excluding hydrogens is 160 g/mol. The van der Waals surface area contributed by atoms with E-state index in [2.05, 4.69) is 0 Å². The first kappa shape index (κ1) is 8.54. The normalized spacial score (nSPS) is 20.0. The highest BCUT2D eigenvalue weighted by Crippen LogP contribution is 2.22. The molecule has 0 saturated carbocycles. The van der Waals surface area contributed by atoms with E-state index in [9.17, 15) is 4.79 Å². The van der Waals surface area contributed by atoms with Crippen LogP contribution >= 0.6 is 11.6 Å². The van der Waals surface area contributed by atoms with Crippen LogP contribution in [-0.4, -0.2) is 5.78 Å². The van der Waals surface area contributed by atoms with Crippen molar-refractivity contribution in [1.82, 2.24) is 0 Å². The largest absolute Gasteiger partial charge is 0.294 e. The fourth-order valence-corrected chi connectivity index (χ4v) is 1.45. The number of halogens is 1. The van der Waals surface area contributed by atoms with E-state index >= 15 is 0 Å². The summed E-state index contributed by atoms with van der Waals surface area (Å²) < 4.78 is 0. The zero-order valence-electron chi connectivity index (χ0n) is 6.56. The fraction of sp³-hybridized carbons (Fsp3) is 0.444. The first-order valence-corrected chi connectivity index (χ1v) is 4.19. The van der Waals surface area contributed by atoms with Gasteiger partial charge in [0.1, 0.15) is 0 Å². The first-order chi connectivity index (χ1) is 5.25. The van der Waals surface area contributed by atoms with E-state index in [-0.39, 0.29) is 5.78 Å². The van der Waals surface area contributed by atoms with Crippen LogP contribution in [0.2, 0.25) is 0 Å². The Labute approximate surface area is 71.7 Å². The topological polar surface area (TPSA) is 17.1 Å². The molecule has 2 heteroatoms. The third-order valence-electron chi connectivity index (χ3n) is 1.95. The molecule has 0 aromatic carbocycles. The van der Waals surface area contributed by atoms with Crippen molar-refractivity contribution in [3.63, 3.8) is 0 Å². The minimum absolute atomic E-state index is 0.227. The van der Waals surface area contributed by atoms with Gasteiger partial charge in [0.25, 0.3) is 0 Å². The Hall–Kier alpha value is -0.560. The Bertz CT molecular complexity index is 226. The van der Waals surface area contributed by atoms with Crippen LogP contribution in [0.15, 0.2) is 22.8 Å². The van der Waals surface area contributed by atoms with Gasteiger partial charge in [-0.25, -0.2) is 0 Å². The second-order valence-corrected chi connectivity index (χ2v) is 3.02. The molecule has 1 aliphatic rings. The Morgan fingerprint density at radius 1 is 1.45 bits per heavy atom. The maximum Gasteiger partial charge on any atom is 0.162 e. The molecule has 0 radical (unpaired) electrons. The van der Waals surface area contributed by atoms with E-state index in [1.165, 1.54) is 5.54 Å². The van der Waals surface area contributed by atoms with Crippen molar-refractivity contribution >= 4 is 17.4 Å². The van der Waals surface area contributed by atoms with Crippen molar-refractivity contribution in [3.05, 3.63) is 22.8 Å². The fourth-order valence-electron chi connectivity index (χ4n) is 1.32. The molecule has 0 N–H and O–H groups in total. The lowest BCUT2D eigenvalue weighted by Gasteiger charge is -2.12. The first-order valence-electron chi connectivity index (χ1n) is 3.75. The van der Waals surface area contributed by atoms with Gasteiger partial charge in [-0.2, -0.15) is 0 Å². The summed E-state index contributed by atoms with van der Waals surface area (Å²) in [6.45, 7) is 1.99. The number of hydrogen-bond acceptors (Lipinski definition) is 1. The van der Waals surface area contributed by atoms with Gasteiger partial charge in [-0.1, -0.05) is 17.2 Å². The van der Waals surface area contributed by atoms with Crippen molar-refractivity contribution in [2.45, 2.75) is 26.2 Å². The average Bonchev–Trinajstić information content (AvgIpc) is 1.97. The van der Waals surface area contributed by atoms with Gasteiger partial charge in [0, 0.05) is 17.5 Å².